The first-order valence-electron chi connectivity index (χ1n) is 8.41. The van der Waals surface area contributed by atoms with Crippen molar-refractivity contribution in [2.24, 2.45) is 0 Å². The molecule has 0 unspecified atom stereocenters. The van der Waals surface area contributed by atoms with Gasteiger partial charge in [0, 0.05) is 24.5 Å². The molecular formula is C21H21N3O. The monoisotopic (exact) mass is 331 g/mol. The Morgan fingerprint density at radius 1 is 0.920 bits per heavy atom. The summed E-state index contributed by atoms with van der Waals surface area (Å²) in [6, 6.07) is 15.5. The summed E-state index contributed by atoms with van der Waals surface area (Å²) in [7, 11) is 0. The maximum Gasteiger partial charge on any atom is 0.251 e. The molecule has 0 fully saturated rings. The number of nitrogens with zero attached hydrogens (tertiary/aromatic N) is 2. The smallest absolute Gasteiger partial charge is 0.251 e. The maximum atomic E-state index is 12.3. The zero-order chi connectivity index (χ0) is 17.6. The van der Waals surface area contributed by atoms with Gasteiger partial charge in [-0.1, -0.05) is 19.1 Å². The SMILES string of the molecule is CCc1ccc(C(=O)NCc2ccnc(-c3cc(C)ccn3)c2)cc1. The number of carbonyl (C=O) groups excluding carboxylic acids is 1. The number of benzene rings is 1. The number of aromatic nitrogens is 2. The molecule has 3 rings (SSSR count). The molecule has 0 radical (unpaired) electrons. The number of amides is 1. The Bertz CT molecular complexity index is 872. The molecule has 25 heavy (non-hydrogen) atoms. The van der Waals surface area contributed by atoms with Crippen LogP contribution in [-0.4, -0.2) is 15.9 Å². The van der Waals surface area contributed by atoms with Crippen LogP contribution < -0.4 is 5.32 Å². The van der Waals surface area contributed by atoms with Gasteiger partial charge >= 0.3 is 0 Å². The molecule has 1 N–H and O–H groups in total. The minimum atomic E-state index is -0.0744. The van der Waals surface area contributed by atoms with Gasteiger partial charge in [0.1, 0.15) is 0 Å². The number of carbonyl (C=O) groups is 1. The van der Waals surface area contributed by atoms with E-state index in [-0.39, 0.29) is 5.91 Å². The van der Waals surface area contributed by atoms with E-state index in [9.17, 15) is 4.79 Å². The summed E-state index contributed by atoms with van der Waals surface area (Å²) >= 11 is 0. The minimum Gasteiger partial charge on any atom is -0.348 e. The van der Waals surface area contributed by atoms with Crippen molar-refractivity contribution in [3.63, 3.8) is 0 Å². The molecule has 4 nitrogen and oxygen atoms in total. The summed E-state index contributed by atoms with van der Waals surface area (Å²) in [4.78, 5) is 21.0. The zero-order valence-electron chi connectivity index (χ0n) is 14.5. The molecule has 0 saturated carbocycles. The number of rotatable bonds is 5. The average Bonchev–Trinajstić information content (AvgIpc) is 2.66. The largest absolute Gasteiger partial charge is 0.348 e. The zero-order valence-corrected chi connectivity index (χ0v) is 14.5. The molecule has 1 aromatic carbocycles. The van der Waals surface area contributed by atoms with Gasteiger partial charge in [0.15, 0.2) is 0 Å². The number of pyridine rings is 2. The molecule has 0 saturated heterocycles. The third-order valence-corrected chi connectivity index (χ3v) is 4.08. The third kappa shape index (κ3) is 4.29. The van der Waals surface area contributed by atoms with Crippen molar-refractivity contribution in [1.29, 1.82) is 0 Å². The lowest BCUT2D eigenvalue weighted by Crippen LogP contribution is -2.22. The molecular weight excluding hydrogens is 310 g/mol. The number of hydrogen-bond acceptors (Lipinski definition) is 3. The van der Waals surface area contributed by atoms with Gasteiger partial charge in [0.05, 0.1) is 11.4 Å². The minimum absolute atomic E-state index is 0.0744. The van der Waals surface area contributed by atoms with Gasteiger partial charge in [0.2, 0.25) is 0 Å². The molecule has 3 aromatic rings. The number of nitrogens with one attached hydrogen (secondary N) is 1. The van der Waals surface area contributed by atoms with Crippen LogP contribution in [0.1, 0.15) is 34.0 Å². The first-order chi connectivity index (χ1) is 12.2. The van der Waals surface area contributed by atoms with E-state index in [0.717, 1.165) is 28.9 Å². The van der Waals surface area contributed by atoms with Crippen molar-refractivity contribution in [3.05, 3.63) is 83.2 Å². The van der Waals surface area contributed by atoms with Crippen LogP contribution in [0.4, 0.5) is 0 Å². The van der Waals surface area contributed by atoms with Crippen LogP contribution in [0.25, 0.3) is 11.4 Å². The van der Waals surface area contributed by atoms with Crippen LogP contribution in [0.15, 0.2) is 60.9 Å². The van der Waals surface area contributed by atoms with E-state index in [2.05, 4.69) is 22.2 Å². The molecule has 0 aliphatic rings. The molecule has 2 aromatic heterocycles. The van der Waals surface area contributed by atoms with E-state index in [1.165, 1.54) is 5.56 Å². The van der Waals surface area contributed by atoms with Crippen LogP contribution in [0.3, 0.4) is 0 Å². The molecule has 0 atom stereocenters. The number of hydrogen-bond donors (Lipinski definition) is 1. The van der Waals surface area contributed by atoms with Gasteiger partial charge in [-0.15, -0.1) is 0 Å². The Hall–Kier alpha value is -3.01. The van der Waals surface area contributed by atoms with Gasteiger partial charge in [-0.2, -0.15) is 0 Å². The first-order valence-corrected chi connectivity index (χ1v) is 8.41. The van der Waals surface area contributed by atoms with Crippen molar-refractivity contribution < 1.29 is 4.79 Å². The highest BCUT2D eigenvalue weighted by atomic mass is 16.1. The van der Waals surface area contributed by atoms with Gasteiger partial charge < -0.3 is 5.32 Å². The summed E-state index contributed by atoms with van der Waals surface area (Å²) < 4.78 is 0. The van der Waals surface area contributed by atoms with E-state index >= 15 is 0 Å². The summed E-state index contributed by atoms with van der Waals surface area (Å²) in [6.07, 6.45) is 4.49. The molecule has 1 amide bonds. The first kappa shape index (κ1) is 16.8. The molecule has 0 aliphatic heterocycles. The second-order valence-electron chi connectivity index (χ2n) is 6.00. The van der Waals surface area contributed by atoms with E-state index in [1.807, 2.05) is 55.5 Å². The van der Waals surface area contributed by atoms with Crippen LogP contribution in [0.2, 0.25) is 0 Å². The fourth-order valence-electron chi connectivity index (χ4n) is 2.58. The molecule has 0 aliphatic carbocycles. The highest BCUT2D eigenvalue weighted by Gasteiger charge is 2.07. The second-order valence-corrected chi connectivity index (χ2v) is 6.00. The van der Waals surface area contributed by atoms with Crippen LogP contribution in [0.5, 0.6) is 0 Å². The van der Waals surface area contributed by atoms with E-state index in [1.54, 1.807) is 12.4 Å². The lowest BCUT2D eigenvalue weighted by atomic mass is 10.1. The Morgan fingerprint density at radius 3 is 2.28 bits per heavy atom. The molecule has 0 bridgehead atoms. The van der Waals surface area contributed by atoms with Gasteiger partial charge in [-0.3, -0.25) is 14.8 Å². The highest BCUT2D eigenvalue weighted by Crippen LogP contribution is 2.16. The van der Waals surface area contributed by atoms with Crippen molar-refractivity contribution in [3.8, 4) is 11.4 Å². The normalized spacial score (nSPS) is 10.5. The van der Waals surface area contributed by atoms with Gasteiger partial charge in [0.25, 0.3) is 5.91 Å². The summed E-state index contributed by atoms with van der Waals surface area (Å²) in [5.74, 6) is -0.0744. The molecule has 4 heteroatoms. The van der Waals surface area contributed by atoms with Crippen LogP contribution in [0, 0.1) is 6.92 Å². The van der Waals surface area contributed by atoms with Crippen molar-refractivity contribution in [2.75, 3.05) is 0 Å². The van der Waals surface area contributed by atoms with E-state index in [4.69, 9.17) is 0 Å². The predicted octanol–water partition coefficient (Wildman–Crippen LogP) is 3.94. The van der Waals surface area contributed by atoms with Gasteiger partial charge in [-0.25, -0.2) is 0 Å². The standard InChI is InChI=1S/C21H21N3O/c1-3-16-4-6-18(7-5-16)21(25)24-14-17-9-11-23-20(13-17)19-12-15(2)8-10-22-19/h4-13H,3,14H2,1-2H3,(H,24,25). The van der Waals surface area contributed by atoms with E-state index in [0.29, 0.717) is 12.1 Å². The Morgan fingerprint density at radius 2 is 1.60 bits per heavy atom. The van der Waals surface area contributed by atoms with Crippen molar-refractivity contribution in [1.82, 2.24) is 15.3 Å². The van der Waals surface area contributed by atoms with Crippen molar-refractivity contribution in [2.45, 2.75) is 26.8 Å². The Balaban J connectivity index is 1.68. The third-order valence-electron chi connectivity index (χ3n) is 4.08. The topological polar surface area (TPSA) is 54.9 Å². The quantitative estimate of drug-likeness (QED) is 0.770. The summed E-state index contributed by atoms with van der Waals surface area (Å²) in [5, 5.41) is 2.96. The van der Waals surface area contributed by atoms with Crippen LogP contribution in [-0.2, 0) is 13.0 Å². The van der Waals surface area contributed by atoms with Crippen LogP contribution >= 0.6 is 0 Å². The lowest BCUT2D eigenvalue weighted by molar-refractivity contribution is 0.0951. The lowest BCUT2D eigenvalue weighted by Gasteiger charge is -2.08. The molecule has 0 spiro atoms. The highest BCUT2D eigenvalue weighted by molar-refractivity contribution is 5.94. The second kappa shape index (κ2) is 7.71. The van der Waals surface area contributed by atoms with Crippen molar-refractivity contribution >= 4 is 5.91 Å². The summed E-state index contributed by atoms with van der Waals surface area (Å²) in [5.41, 5.74) is 5.67. The average molecular weight is 331 g/mol. The number of aryl methyl sites for hydroxylation is 2. The molecule has 2 heterocycles. The van der Waals surface area contributed by atoms with Gasteiger partial charge in [-0.05, 0) is 66.4 Å². The predicted molar refractivity (Wildman–Crippen MR) is 99.2 cm³/mol. The summed E-state index contributed by atoms with van der Waals surface area (Å²) in [6.45, 7) is 4.58. The Kier molecular flexibility index (Phi) is 5.19. The maximum absolute atomic E-state index is 12.3. The fourth-order valence-corrected chi connectivity index (χ4v) is 2.58. The van der Waals surface area contributed by atoms with E-state index < -0.39 is 0 Å². The fraction of sp³-hybridized carbons (Fsp3) is 0.190. The molecule has 126 valence electrons. The Labute approximate surface area is 148 Å².